The van der Waals surface area contributed by atoms with Crippen LogP contribution < -0.4 is 0 Å². The van der Waals surface area contributed by atoms with Crippen molar-refractivity contribution in [1.82, 2.24) is 0 Å². The van der Waals surface area contributed by atoms with Gasteiger partial charge < -0.3 is 10.2 Å². The second-order valence-electron chi connectivity index (χ2n) is 2.58. The molecule has 12 heavy (non-hydrogen) atoms. The summed E-state index contributed by atoms with van der Waals surface area (Å²) >= 11 is 3.32. The van der Waals surface area contributed by atoms with Crippen LogP contribution >= 0.6 is 15.9 Å². The zero-order valence-corrected chi connectivity index (χ0v) is 8.16. The smallest absolute Gasteiger partial charge is 0.102 e. The van der Waals surface area contributed by atoms with E-state index in [1.165, 1.54) is 0 Å². The molecule has 0 bridgehead atoms. The van der Waals surface area contributed by atoms with E-state index in [1.807, 2.05) is 18.2 Å². The van der Waals surface area contributed by atoms with Crippen molar-refractivity contribution in [3.05, 3.63) is 35.4 Å². The van der Waals surface area contributed by atoms with E-state index in [1.54, 1.807) is 6.07 Å². The van der Waals surface area contributed by atoms with Gasteiger partial charge in [0.1, 0.15) is 6.10 Å². The third-order valence-corrected chi connectivity index (χ3v) is 2.31. The number of alkyl halides is 1. The van der Waals surface area contributed by atoms with Crippen LogP contribution in [0, 0.1) is 0 Å². The maximum absolute atomic E-state index is 9.28. The van der Waals surface area contributed by atoms with Crippen molar-refractivity contribution < 1.29 is 10.2 Å². The number of halogens is 1. The molecule has 1 rings (SSSR count). The van der Waals surface area contributed by atoms with Crippen LogP contribution in [-0.2, 0) is 5.33 Å². The summed E-state index contributed by atoms with van der Waals surface area (Å²) in [6.45, 7) is -0.230. The fourth-order valence-corrected chi connectivity index (χ4v) is 1.34. The van der Waals surface area contributed by atoms with Gasteiger partial charge in [0.2, 0.25) is 0 Å². The zero-order chi connectivity index (χ0) is 8.97. The molecule has 0 fully saturated rings. The minimum Gasteiger partial charge on any atom is -0.393 e. The summed E-state index contributed by atoms with van der Waals surface area (Å²) < 4.78 is 0. The molecule has 0 saturated carbocycles. The first kappa shape index (κ1) is 9.71. The standard InChI is InChI=1S/C9H11BrO2/c10-5-7-2-1-3-8(4-7)9(12)6-11/h1-4,9,11-12H,5-6H2. The predicted molar refractivity (Wildman–Crippen MR) is 51.1 cm³/mol. The van der Waals surface area contributed by atoms with Crippen LogP contribution in [0.4, 0.5) is 0 Å². The quantitative estimate of drug-likeness (QED) is 0.776. The summed E-state index contributed by atoms with van der Waals surface area (Å²) in [5, 5.41) is 18.7. The molecule has 3 heteroatoms. The Morgan fingerprint density at radius 2 is 2.17 bits per heavy atom. The van der Waals surface area contributed by atoms with Crippen molar-refractivity contribution >= 4 is 15.9 Å². The highest BCUT2D eigenvalue weighted by atomic mass is 79.9. The molecule has 0 radical (unpaired) electrons. The lowest BCUT2D eigenvalue weighted by atomic mass is 10.1. The van der Waals surface area contributed by atoms with Crippen molar-refractivity contribution in [2.45, 2.75) is 11.4 Å². The molecule has 1 aromatic rings. The Hall–Kier alpha value is -0.380. The maximum Gasteiger partial charge on any atom is 0.102 e. The number of benzene rings is 1. The van der Waals surface area contributed by atoms with E-state index in [2.05, 4.69) is 15.9 Å². The number of aliphatic hydroxyl groups is 2. The first-order chi connectivity index (χ1) is 5.77. The molecule has 0 aliphatic rings. The SMILES string of the molecule is OCC(O)c1cccc(CBr)c1. The van der Waals surface area contributed by atoms with E-state index in [0.29, 0.717) is 0 Å². The number of rotatable bonds is 3. The number of hydrogen-bond donors (Lipinski definition) is 2. The van der Waals surface area contributed by atoms with Crippen LogP contribution in [-0.4, -0.2) is 16.8 Å². The van der Waals surface area contributed by atoms with Crippen molar-refractivity contribution in [2.75, 3.05) is 6.61 Å². The lowest BCUT2D eigenvalue weighted by Crippen LogP contribution is -2.02. The molecular weight excluding hydrogens is 220 g/mol. The van der Waals surface area contributed by atoms with Gasteiger partial charge in [-0.25, -0.2) is 0 Å². The van der Waals surface area contributed by atoms with Gasteiger partial charge in [-0.05, 0) is 11.1 Å². The van der Waals surface area contributed by atoms with E-state index in [0.717, 1.165) is 16.5 Å². The van der Waals surface area contributed by atoms with E-state index in [9.17, 15) is 5.11 Å². The Labute approximate surface area is 80.0 Å². The molecule has 0 saturated heterocycles. The predicted octanol–water partition coefficient (Wildman–Crippen LogP) is 1.61. The Bertz CT molecular complexity index is 250. The Balaban J connectivity index is 2.86. The van der Waals surface area contributed by atoms with Gasteiger partial charge >= 0.3 is 0 Å². The summed E-state index contributed by atoms with van der Waals surface area (Å²) in [7, 11) is 0. The molecular formula is C9H11BrO2. The van der Waals surface area contributed by atoms with Crippen molar-refractivity contribution in [1.29, 1.82) is 0 Å². The average Bonchev–Trinajstić information content (AvgIpc) is 2.17. The van der Waals surface area contributed by atoms with Crippen LogP contribution in [0.3, 0.4) is 0 Å². The lowest BCUT2D eigenvalue weighted by Gasteiger charge is -2.07. The molecule has 0 aliphatic heterocycles. The van der Waals surface area contributed by atoms with Crippen molar-refractivity contribution in [3.63, 3.8) is 0 Å². The average molecular weight is 231 g/mol. The van der Waals surface area contributed by atoms with Crippen LogP contribution in [0.5, 0.6) is 0 Å². The summed E-state index contributed by atoms with van der Waals surface area (Å²) in [5.41, 5.74) is 1.86. The van der Waals surface area contributed by atoms with Gasteiger partial charge in [-0.3, -0.25) is 0 Å². The fourth-order valence-electron chi connectivity index (χ4n) is 0.989. The summed E-state index contributed by atoms with van der Waals surface area (Å²) in [4.78, 5) is 0. The molecule has 0 aromatic heterocycles. The Morgan fingerprint density at radius 1 is 1.42 bits per heavy atom. The molecule has 0 heterocycles. The largest absolute Gasteiger partial charge is 0.393 e. The highest BCUT2D eigenvalue weighted by molar-refractivity contribution is 9.08. The highest BCUT2D eigenvalue weighted by Gasteiger charge is 2.04. The Kier molecular flexibility index (Phi) is 3.72. The monoisotopic (exact) mass is 230 g/mol. The third kappa shape index (κ3) is 2.30. The fraction of sp³-hybridized carbons (Fsp3) is 0.333. The van der Waals surface area contributed by atoms with Crippen LogP contribution in [0.15, 0.2) is 24.3 Å². The first-order valence-corrected chi connectivity index (χ1v) is 4.84. The van der Waals surface area contributed by atoms with Gasteiger partial charge in [-0.1, -0.05) is 40.2 Å². The van der Waals surface area contributed by atoms with Crippen molar-refractivity contribution in [3.8, 4) is 0 Å². The molecule has 1 aromatic carbocycles. The molecule has 0 spiro atoms. The molecule has 0 amide bonds. The summed E-state index contributed by atoms with van der Waals surface area (Å²) in [6.07, 6.45) is -0.760. The minimum atomic E-state index is -0.760. The topological polar surface area (TPSA) is 40.5 Å². The van der Waals surface area contributed by atoms with Gasteiger partial charge in [0.25, 0.3) is 0 Å². The summed E-state index contributed by atoms with van der Waals surface area (Å²) in [6, 6.07) is 7.50. The van der Waals surface area contributed by atoms with E-state index in [-0.39, 0.29) is 6.61 Å². The normalized spacial score (nSPS) is 12.9. The van der Waals surface area contributed by atoms with Gasteiger partial charge in [0.05, 0.1) is 6.61 Å². The van der Waals surface area contributed by atoms with Crippen LogP contribution in [0.25, 0.3) is 0 Å². The Morgan fingerprint density at radius 3 is 2.75 bits per heavy atom. The second kappa shape index (κ2) is 4.60. The van der Waals surface area contributed by atoms with Gasteiger partial charge in [-0.15, -0.1) is 0 Å². The zero-order valence-electron chi connectivity index (χ0n) is 6.57. The second-order valence-corrected chi connectivity index (χ2v) is 3.14. The lowest BCUT2D eigenvalue weighted by molar-refractivity contribution is 0.0956. The molecule has 1 unspecified atom stereocenters. The van der Waals surface area contributed by atoms with E-state index >= 15 is 0 Å². The maximum atomic E-state index is 9.28. The van der Waals surface area contributed by atoms with Crippen LogP contribution in [0.2, 0.25) is 0 Å². The molecule has 1 atom stereocenters. The molecule has 2 nitrogen and oxygen atoms in total. The molecule has 66 valence electrons. The first-order valence-electron chi connectivity index (χ1n) is 3.71. The van der Waals surface area contributed by atoms with Gasteiger partial charge in [-0.2, -0.15) is 0 Å². The van der Waals surface area contributed by atoms with Crippen LogP contribution in [0.1, 0.15) is 17.2 Å². The van der Waals surface area contributed by atoms with Crippen molar-refractivity contribution in [2.24, 2.45) is 0 Å². The van der Waals surface area contributed by atoms with Gasteiger partial charge in [0, 0.05) is 5.33 Å². The molecule has 2 N–H and O–H groups in total. The van der Waals surface area contributed by atoms with E-state index < -0.39 is 6.10 Å². The minimum absolute atomic E-state index is 0.230. The van der Waals surface area contributed by atoms with Gasteiger partial charge in [0.15, 0.2) is 0 Å². The summed E-state index contributed by atoms with van der Waals surface area (Å²) in [5.74, 6) is 0. The van der Waals surface area contributed by atoms with E-state index in [4.69, 9.17) is 5.11 Å². The molecule has 0 aliphatic carbocycles. The number of aliphatic hydroxyl groups excluding tert-OH is 2. The number of hydrogen-bond acceptors (Lipinski definition) is 2. The highest BCUT2D eigenvalue weighted by Crippen LogP contribution is 2.15. The third-order valence-electron chi connectivity index (χ3n) is 1.66.